The Morgan fingerprint density at radius 3 is 2.62 bits per heavy atom. The van der Waals surface area contributed by atoms with Gasteiger partial charge in [0.25, 0.3) is 15.9 Å². The van der Waals surface area contributed by atoms with Crippen molar-refractivity contribution in [1.82, 2.24) is 14.5 Å². The molecule has 2 fully saturated rings. The van der Waals surface area contributed by atoms with Crippen LogP contribution in [-0.4, -0.2) is 74.4 Å². The Labute approximate surface area is 206 Å². The van der Waals surface area contributed by atoms with E-state index in [1.54, 1.807) is 24.4 Å². The normalized spacial score (nSPS) is 21.9. The lowest BCUT2D eigenvalue weighted by atomic mass is 9.83. The second-order valence-electron chi connectivity index (χ2n) is 9.60. The van der Waals surface area contributed by atoms with Crippen LogP contribution in [0, 0.1) is 0 Å². The van der Waals surface area contributed by atoms with E-state index in [-0.39, 0.29) is 31.8 Å². The molecule has 1 aromatic rings. The van der Waals surface area contributed by atoms with Crippen LogP contribution in [0.3, 0.4) is 0 Å². The van der Waals surface area contributed by atoms with Crippen LogP contribution in [0.1, 0.15) is 58.3 Å². The summed E-state index contributed by atoms with van der Waals surface area (Å²) in [6, 6.07) is 3.94. The van der Waals surface area contributed by atoms with Crippen molar-refractivity contribution in [3.8, 4) is 0 Å². The van der Waals surface area contributed by atoms with E-state index in [1.165, 1.54) is 47.7 Å². The number of nitrogens with zero attached hydrogens (tertiary/aromatic N) is 2. The van der Waals surface area contributed by atoms with Crippen LogP contribution in [0.5, 0.6) is 0 Å². The summed E-state index contributed by atoms with van der Waals surface area (Å²) in [5.41, 5.74) is -0.358. The molecule has 188 valence electrons. The van der Waals surface area contributed by atoms with Gasteiger partial charge in [-0.3, -0.25) is 4.79 Å². The van der Waals surface area contributed by atoms with E-state index in [9.17, 15) is 18.0 Å². The maximum atomic E-state index is 13.1. The number of nitrogens with one attached hydrogen (secondary N) is 1. The number of hydrogen-bond donors (Lipinski definition) is 1. The van der Waals surface area contributed by atoms with Gasteiger partial charge in [0.2, 0.25) is 0 Å². The Morgan fingerprint density at radius 1 is 1.26 bits per heavy atom. The largest absolute Gasteiger partial charge is 0.450 e. The number of amides is 1. The molecule has 0 bridgehead atoms. The van der Waals surface area contributed by atoms with Gasteiger partial charge in [-0.2, -0.15) is 4.31 Å². The van der Waals surface area contributed by atoms with Crippen molar-refractivity contribution in [2.75, 3.05) is 33.2 Å². The zero-order valence-corrected chi connectivity index (χ0v) is 21.7. The lowest BCUT2D eigenvalue weighted by Crippen LogP contribution is -2.50. The lowest BCUT2D eigenvalue weighted by molar-refractivity contribution is -0.150. The Balaban J connectivity index is 1.34. The fourth-order valence-electron chi connectivity index (χ4n) is 5.43. The third-order valence-corrected chi connectivity index (χ3v) is 10.7. The molecule has 1 amide bonds. The summed E-state index contributed by atoms with van der Waals surface area (Å²) in [6.07, 6.45) is 7.78. The number of piperidine rings is 1. The fourth-order valence-corrected chi connectivity index (χ4v) is 8.01. The van der Waals surface area contributed by atoms with Gasteiger partial charge in [-0.25, -0.2) is 13.2 Å². The van der Waals surface area contributed by atoms with Crippen molar-refractivity contribution >= 4 is 33.2 Å². The van der Waals surface area contributed by atoms with Gasteiger partial charge in [0.15, 0.2) is 0 Å². The van der Waals surface area contributed by atoms with Gasteiger partial charge >= 0.3 is 5.97 Å². The molecular weight excluding hydrogens is 474 g/mol. The van der Waals surface area contributed by atoms with Gasteiger partial charge in [-0.15, -0.1) is 11.3 Å². The zero-order chi connectivity index (χ0) is 24.3. The van der Waals surface area contributed by atoms with Crippen LogP contribution in [0.4, 0.5) is 0 Å². The molecule has 34 heavy (non-hydrogen) atoms. The van der Waals surface area contributed by atoms with Crippen molar-refractivity contribution in [2.45, 2.75) is 74.1 Å². The highest BCUT2D eigenvalue weighted by Gasteiger charge is 2.52. The summed E-state index contributed by atoms with van der Waals surface area (Å²) in [5.74, 6) is -0.769. The third-order valence-electron chi connectivity index (χ3n) is 7.44. The highest BCUT2D eigenvalue weighted by Crippen LogP contribution is 2.42. The van der Waals surface area contributed by atoms with Crippen molar-refractivity contribution < 1.29 is 22.7 Å². The first-order valence-corrected chi connectivity index (χ1v) is 14.5. The monoisotopic (exact) mass is 509 g/mol. The molecule has 0 unspecified atom stereocenters. The summed E-state index contributed by atoms with van der Waals surface area (Å²) in [6.45, 7) is 3.46. The summed E-state index contributed by atoms with van der Waals surface area (Å²) >= 11 is 1.18. The minimum absolute atomic E-state index is 0.198. The second-order valence-corrected chi connectivity index (χ2v) is 12.7. The van der Waals surface area contributed by atoms with Gasteiger partial charge in [0, 0.05) is 44.1 Å². The van der Waals surface area contributed by atoms with Crippen LogP contribution in [-0.2, 0) is 24.3 Å². The van der Waals surface area contributed by atoms with E-state index in [4.69, 9.17) is 4.74 Å². The van der Waals surface area contributed by atoms with Crippen LogP contribution < -0.4 is 5.32 Å². The Hall–Kier alpha value is -1.75. The van der Waals surface area contributed by atoms with E-state index in [0.717, 1.165) is 13.0 Å². The summed E-state index contributed by atoms with van der Waals surface area (Å²) in [5, 5.41) is 4.72. The molecule has 0 aromatic carbocycles. The third kappa shape index (κ3) is 5.10. The summed E-state index contributed by atoms with van der Waals surface area (Å²) in [4.78, 5) is 28.0. The average Bonchev–Trinajstić information content (AvgIpc) is 3.45. The number of ether oxygens (including phenoxy) is 1. The van der Waals surface area contributed by atoms with E-state index in [1.807, 2.05) is 0 Å². The quantitative estimate of drug-likeness (QED) is 0.428. The number of hydrogen-bond acceptors (Lipinski definition) is 7. The SMILES string of the molecule is CC1=C(C(=O)NCCCN(C)C2CCCCC2)C2(CCN(S(=O)(=O)c3cccs3)CC2)OC1=O. The van der Waals surface area contributed by atoms with Gasteiger partial charge in [-0.1, -0.05) is 25.3 Å². The predicted molar refractivity (Wildman–Crippen MR) is 131 cm³/mol. The Morgan fingerprint density at radius 2 is 1.97 bits per heavy atom. The van der Waals surface area contributed by atoms with E-state index in [2.05, 4.69) is 17.3 Å². The molecule has 1 aliphatic carbocycles. The molecule has 4 rings (SSSR count). The van der Waals surface area contributed by atoms with Crippen LogP contribution >= 0.6 is 11.3 Å². The smallest absolute Gasteiger partial charge is 0.335 e. The minimum atomic E-state index is -3.57. The maximum Gasteiger partial charge on any atom is 0.335 e. The number of carbonyl (C=O) groups excluding carboxylic acids is 2. The number of sulfonamides is 1. The lowest BCUT2D eigenvalue weighted by Gasteiger charge is -2.38. The summed E-state index contributed by atoms with van der Waals surface area (Å²) in [7, 11) is -1.42. The van der Waals surface area contributed by atoms with Crippen molar-refractivity contribution in [3.05, 3.63) is 28.7 Å². The standard InChI is InChI=1S/C24H35N3O5S2/c1-18-21(22(28)25-13-7-14-26(2)19-8-4-3-5-9-19)24(32-23(18)29)11-15-27(16-12-24)34(30,31)20-10-6-17-33-20/h6,10,17,19H,3-5,7-9,11-16H2,1-2H3,(H,25,28). The maximum absolute atomic E-state index is 13.1. The van der Waals surface area contributed by atoms with E-state index < -0.39 is 21.6 Å². The molecule has 0 radical (unpaired) electrons. The van der Waals surface area contributed by atoms with Crippen LogP contribution in [0.2, 0.25) is 0 Å². The first-order chi connectivity index (χ1) is 16.2. The number of rotatable bonds is 8. The number of carbonyl (C=O) groups is 2. The summed E-state index contributed by atoms with van der Waals surface area (Å²) < 4.78 is 33.2. The Kier molecular flexibility index (Phi) is 7.81. The van der Waals surface area contributed by atoms with Gasteiger partial charge in [0.05, 0.1) is 5.57 Å². The molecule has 1 spiro atoms. The number of thiophene rings is 1. The van der Waals surface area contributed by atoms with Crippen LogP contribution in [0.15, 0.2) is 32.9 Å². The molecule has 1 N–H and O–H groups in total. The molecule has 3 aliphatic rings. The van der Waals surface area contributed by atoms with Gasteiger partial charge in [-0.05, 0) is 51.2 Å². The number of esters is 1. The molecule has 3 heterocycles. The first kappa shape index (κ1) is 25.3. The molecule has 10 heteroatoms. The molecular formula is C24H35N3O5S2. The van der Waals surface area contributed by atoms with Crippen molar-refractivity contribution in [1.29, 1.82) is 0 Å². The van der Waals surface area contributed by atoms with E-state index in [0.29, 0.717) is 27.9 Å². The molecule has 1 aromatic heterocycles. The van der Waals surface area contributed by atoms with Crippen molar-refractivity contribution in [3.63, 3.8) is 0 Å². The molecule has 2 aliphatic heterocycles. The average molecular weight is 510 g/mol. The minimum Gasteiger partial charge on any atom is -0.450 e. The fraction of sp³-hybridized carbons (Fsp3) is 0.667. The highest BCUT2D eigenvalue weighted by atomic mass is 32.2. The van der Waals surface area contributed by atoms with Crippen LogP contribution in [0.25, 0.3) is 0 Å². The highest BCUT2D eigenvalue weighted by molar-refractivity contribution is 7.91. The van der Waals surface area contributed by atoms with Gasteiger partial charge < -0.3 is 15.0 Å². The Bertz CT molecular complexity index is 1020. The molecule has 1 saturated carbocycles. The topological polar surface area (TPSA) is 96.0 Å². The van der Waals surface area contributed by atoms with Gasteiger partial charge in [0.1, 0.15) is 9.81 Å². The second kappa shape index (κ2) is 10.5. The van der Waals surface area contributed by atoms with Crippen molar-refractivity contribution in [2.24, 2.45) is 0 Å². The predicted octanol–water partition coefficient (Wildman–Crippen LogP) is 2.92. The van der Waals surface area contributed by atoms with E-state index >= 15 is 0 Å². The zero-order valence-electron chi connectivity index (χ0n) is 20.0. The molecule has 1 saturated heterocycles. The molecule has 8 nitrogen and oxygen atoms in total. The molecule has 0 atom stereocenters. The first-order valence-electron chi connectivity index (χ1n) is 12.2.